The Morgan fingerprint density at radius 1 is 1.13 bits per heavy atom. The summed E-state index contributed by atoms with van der Waals surface area (Å²) in [7, 11) is 0. The van der Waals surface area contributed by atoms with Gasteiger partial charge in [-0.2, -0.15) is 0 Å². The molecule has 1 aromatic carbocycles. The van der Waals surface area contributed by atoms with Crippen molar-refractivity contribution in [3.63, 3.8) is 0 Å². The molecule has 0 saturated heterocycles. The maximum atomic E-state index is 3.39. The molecular formula is C14H23N. The van der Waals surface area contributed by atoms with E-state index < -0.39 is 0 Å². The fourth-order valence-electron chi connectivity index (χ4n) is 1.84. The van der Waals surface area contributed by atoms with Crippen LogP contribution in [0.25, 0.3) is 0 Å². The highest BCUT2D eigenvalue weighted by Gasteiger charge is 2.17. The molecule has 0 aliphatic rings. The van der Waals surface area contributed by atoms with Crippen molar-refractivity contribution in [2.75, 3.05) is 13.1 Å². The van der Waals surface area contributed by atoms with Gasteiger partial charge in [-0.3, -0.25) is 0 Å². The second-order valence-electron chi connectivity index (χ2n) is 4.93. The molecule has 0 saturated carbocycles. The van der Waals surface area contributed by atoms with Crippen LogP contribution in [-0.2, 0) is 6.42 Å². The van der Waals surface area contributed by atoms with E-state index in [1.165, 1.54) is 18.4 Å². The number of rotatable bonds is 6. The van der Waals surface area contributed by atoms with Crippen LogP contribution >= 0.6 is 0 Å². The average Bonchev–Trinajstić information content (AvgIpc) is 2.18. The van der Waals surface area contributed by atoms with E-state index in [0.29, 0.717) is 5.41 Å². The molecule has 1 heteroatoms. The lowest BCUT2D eigenvalue weighted by Gasteiger charge is -2.24. The smallest absolute Gasteiger partial charge is 0.00438 e. The van der Waals surface area contributed by atoms with Crippen LogP contribution in [0.2, 0.25) is 0 Å². The Bertz CT molecular complexity index is 264. The summed E-state index contributed by atoms with van der Waals surface area (Å²) in [5.74, 6) is 0. The molecule has 15 heavy (non-hydrogen) atoms. The molecule has 1 rings (SSSR count). The standard InChI is InChI=1S/C14H23N/c1-4-15-11-10-14(2,3)12-13-8-6-5-7-9-13/h5-9,15H,4,10-12H2,1-3H3. The lowest BCUT2D eigenvalue weighted by Crippen LogP contribution is -2.23. The van der Waals surface area contributed by atoms with Crippen molar-refractivity contribution < 1.29 is 0 Å². The van der Waals surface area contributed by atoms with E-state index in [1.54, 1.807) is 0 Å². The van der Waals surface area contributed by atoms with Gasteiger partial charge in [-0.15, -0.1) is 0 Å². The van der Waals surface area contributed by atoms with Crippen LogP contribution in [0.5, 0.6) is 0 Å². The highest BCUT2D eigenvalue weighted by Crippen LogP contribution is 2.25. The summed E-state index contributed by atoms with van der Waals surface area (Å²) in [6, 6.07) is 10.8. The number of hydrogen-bond donors (Lipinski definition) is 1. The van der Waals surface area contributed by atoms with Crippen molar-refractivity contribution in [2.24, 2.45) is 5.41 Å². The molecule has 0 spiro atoms. The normalized spacial score (nSPS) is 11.7. The summed E-state index contributed by atoms with van der Waals surface area (Å²) < 4.78 is 0. The van der Waals surface area contributed by atoms with Gasteiger partial charge in [0.25, 0.3) is 0 Å². The van der Waals surface area contributed by atoms with Crippen molar-refractivity contribution in [1.29, 1.82) is 0 Å². The maximum absolute atomic E-state index is 3.39. The fraction of sp³-hybridized carbons (Fsp3) is 0.571. The molecule has 1 N–H and O–H groups in total. The molecule has 0 heterocycles. The van der Waals surface area contributed by atoms with Crippen LogP contribution in [0.3, 0.4) is 0 Å². The van der Waals surface area contributed by atoms with E-state index >= 15 is 0 Å². The van der Waals surface area contributed by atoms with Gasteiger partial charge < -0.3 is 5.32 Å². The predicted octanol–water partition coefficient (Wildman–Crippen LogP) is 3.25. The maximum Gasteiger partial charge on any atom is -0.00438 e. The van der Waals surface area contributed by atoms with Crippen LogP contribution < -0.4 is 5.32 Å². The Morgan fingerprint density at radius 3 is 2.40 bits per heavy atom. The first-order valence-corrected chi connectivity index (χ1v) is 5.89. The predicted molar refractivity (Wildman–Crippen MR) is 67.1 cm³/mol. The summed E-state index contributed by atoms with van der Waals surface area (Å²) in [4.78, 5) is 0. The molecule has 1 aromatic rings. The van der Waals surface area contributed by atoms with E-state index in [-0.39, 0.29) is 0 Å². The van der Waals surface area contributed by atoms with Crippen molar-refractivity contribution in [3.05, 3.63) is 35.9 Å². The molecule has 0 radical (unpaired) electrons. The zero-order valence-corrected chi connectivity index (χ0v) is 10.2. The molecule has 0 aromatic heterocycles. The summed E-state index contributed by atoms with van der Waals surface area (Å²) >= 11 is 0. The van der Waals surface area contributed by atoms with Gasteiger partial charge in [0.15, 0.2) is 0 Å². The van der Waals surface area contributed by atoms with E-state index in [2.05, 4.69) is 56.4 Å². The topological polar surface area (TPSA) is 12.0 Å². The Hall–Kier alpha value is -0.820. The van der Waals surface area contributed by atoms with Gasteiger partial charge in [0.1, 0.15) is 0 Å². The molecule has 0 atom stereocenters. The van der Waals surface area contributed by atoms with E-state index in [1.807, 2.05) is 0 Å². The minimum atomic E-state index is 0.392. The van der Waals surface area contributed by atoms with Gasteiger partial charge in [0, 0.05) is 0 Å². The van der Waals surface area contributed by atoms with Crippen LogP contribution in [-0.4, -0.2) is 13.1 Å². The van der Waals surface area contributed by atoms with Gasteiger partial charge in [0.05, 0.1) is 0 Å². The van der Waals surface area contributed by atoms with Gasteiger partial charge in [-0.1, -0.05) is 51.1 Å². The molecule has 0 bridgehead atoms. The molecule has 0 aliphatic carbocycles. The zero-order valence-electron chi connectivity index (χ0n) is 10.2. The Morgan fingerprint density at radius 2 is 1.80 bits per heavy atom. The minimum Gasteiger partial charge on any atom is -0.317 e. The SMILES string of the molecule is CCNCCC(C)(C)Cc1ccccc1. The van der Waals surface area contributed by atoms with Crippen LogP contribution in [0.1, 0.15) is 32.8 Å². The van der Waals surface area contributed by atoms with Crippen molar-refractivity contribution >= 4 is 0 Å². The van der Waals surface area contributed by atoms with Gasteiger partial charge in [-0.25, -0.2) is 0 Å². The largest absolute Gasteiger partial charge is 0.317 e. The Labute approximate surface area is 93.9 Å². The summed E-state index contributed by atoms with van der Waals surface area (Å²) in [6.07, 6.45) is 2.40. The van der Waals surface area contributed by atoms with E-state index in [4.69, 9.17) is 0 Å². The van der Waals surface area contributed by atoms with Gasteiger partial charge in [0.2, 0.25) is 0 Å². The molecule has 1 nitrogen and oxygen atoms in total. The third kappa shape index (κ3) is 4.98. The van der Waals surface area contributed by atoms with Crippen LogP contribution in [0.15, 0.2) is 30.3 Å². The highest BCUT2D eigenvalue weighted by atomic mass is 14.8. The highest BCUT2D eigenvalue weighted by molar-refractivity contribution is 5.16. The molecule has 0 aliphatic heterocycles. The first-order valence-electron chi connectivity index (χ1n) is 5.89. The first kappa shape index (κ1) is 12.3. The number of benzene rings is 1. The molecule has 84 valence electrons. The zero-order chi connectivity index (χ0) is 11.1. The second kappa shape index (κ2) is 5.92. The van der Waals surface area contributed by atoms with Crippen LogP contribution in [0.4, 0.5) is 0 Å². The lowest BCUT2D eigenvalue weighted by atomic mass is 9.83. The van der Waals surface area contributed by atoms with E-state index in [9.17, 15) is 0 Å². The number of hydrogen-bond acceptors (Lipinski definition) is 1. The second-order valence-corrected chi connectivity index (χ2v) is 4.93. The van der Waals surface area contributed by atoms with Crippen molar-refractivity contribution in [1.82, 2.24) is 5.32 Å². The molecule has 0 unspecified atom stereocenters. The van der Waals surface area contributed by atoms with Crippen molar-refractivity contribution in [3.8, 4) is 0 Å². The first-order chi connectivity index (χ1) is 7.14. The third-order valence-electron chi connectivity index (χ3n) is 2.75. The fourth-order valence-corrected chi connectivity index (χ4v) is 1.84. The summed E-state index contributed by atoms with van der Waals surface area (Å²) in [5.41, 5.74) is 1.84. The molecule has 0 amide bonds. The van der Waals surface area contributed by atoms with E-state index in [0.717, 1.165) is 13.1 Å². The van der Waals surface area contributed by atoms with Gasteiger partial charge >= 0.3 is 0 Å². The molecule has 0 fully saturated rings. The minimum absolute atomic E-state index is 0.392. The Kier molecular flexibility index (Phi) is 4.83. The summed E-state index contributed by atoms with van der Waals surface area (Å²) in [6.45, 7) is 9.04. The Balaban J connectivity index is 2.42. The lowest BCUT2D eigenvalue weighted by molar-refractivity contribution is 0.327. The van der Waals surface area contributed by atoms with Crippen LogP contribution in [0, 0.1) is 5.41 Å². The average molecular weight is 205 g/mol. The number of nitrogens with one attached hydrogen (secondary N) is 1. The molecular weight excluding hydrogens is 182 g/mol. The van der Waals surface area contributed by atoms with Gasteiger partial charge in [-0.05, 0) is 36.9 Å². The van der Waals surface area contributed by atoms with Crippen molar-refractivity contribution in [2.45, 2.75) is 33.6 Å². The summed E-state index contributed by atoms with van der Waals surface area (Å²) in [5, 5.41) is 3.39. The quantitative estimate of drug-likeness (QED) is 0.703. The monoisotopic (exact) mass is 205 g/mol. The third-order valence-corrected chi connectivity index (χ3v) is 2.75.